The molecule has 1 rings (SSSR count). The van der Waals surface area contributed by atoms with Crippen LogP contribution in [0.15, 0.2) is 18.2 Å². The summed E-state index contributed by atoms with van der Waals surface area (Å²) in [4.78, 5) is 0. The zero-order valence-corrected chi connectivity index (χ0v) is 11.1. The third-order valence-corrected chi connectivity index (χ3v) is 2.74. The summed E-state index contributed by atoms with van der Waals surface area (Å²) in [5, 5.41) is 3.21. The van der Waals surface area contributed by atoms with Gasteiger partial charge in [0.1, 0.15) is 0 Å². The first kappa shape index (κ1) is 14.0. The predicted molar refractivity (Wildman–Crippen MR) is 69.0 cm³/mol. The average molecular weight is 239 g/mol. The van der Waals surface area contributed by atoms with Crippen molar-refractivity contribution < 1.29 is 9.13 Å². The van der Waals surface area contributed by atoms with Crippen molar-refractivity contribution in [3.05, 3.63) is 29.6 Å². The highest BCUT2D eigenvalue weighted by atomic mass is 19.1. The lowest BCUT2D eigenvalue weighted by Gasteiger charge is -2.15. The Morgan fingerprint density at radius 2 is 2.06 bits per heavy atom. The van der Waals surface area contributed by atoms with E-state index >= 15 is 0 Å². The number of benzene rings is 1. The molecule has 0 radical (unpaired) electrons. The summed E-state index contributed by atoms with van der Waals surface area (Å²) >= 11 is 0. The number of rotatable bonds is 6. The highest BCUT2D eigenvalue weighted by Gasteiger charge is 2.09. The second kappa shape index (κ2) is 6.60. The highest BCUT2D eigenvalue weighted by molar-refractivity contribution is 5.30. The number of likely N-dealkylation sites (N-methyl/N-ethyl adjacent to an activating group) is 1. The topological polar surface area (TPSA) is 21.3 Å². The molecule has 0 amide bonds. The van der Waals surface area contributed by atoms with Crippen LogP contribution in [0.25, 0.3) is 0 Å². The van der Waals surface area contributed by atoms with Gasteiger partial charge in [0.25, 0.3) is 0 Å². The van der Waals surface area contributed by atoms with Gasteiger partial charge in [0.15, 0.2) is 11.6 Å². The molecule has 0 fully saturated rings. The van der Waals surface area contributed by atoms with Gasteiger partial charge in [-0.05, 0) is 51.4 Å². The summed E-state index contributed by atoms with van der Waals surface area (Å²) in [6, 6.07) is 5.61. The Morgan fingerprint density at radius 1 is 1.35 bits per heavy atom. The zero-order valence-electron chi connectivity index (χ0n) is 11.1. The lowest BCUT2D eigenvalue weighted by molar-refractivity contribution is 0.231. The number of nitrogens with one attached hydrogen (secondary N) is 1. The van der Waals surface area contributed by atoms with E-state index in [9.17, 15) is 4.39 Å². The van der Waals surface area contributed by atoms with Gasteiger partial charge in [-0.3, -0.25) is 0 Å². The van der Waals surface area contributed by atoms with E-state index in [-0.39, 0.29) is 11.9 Å². The Balaban J connectivity index is 2.74. The van der Waals surface area contributed by atoms with E-state index in [0.29, 0.717) is 11.8 Å². The monoisotopic (exact) mass is 239 g/mol. The van der Waals surface area contributed by atoms with E-state index in [4.69, 9.17) is 4.74 Å². The molecule has 0 heterocycles. The summed E-state index contributed by atoms with van der Waals surface area (Å²) in [5.74, 6) is 0.0587. The van der Waals surface area contributed by atoms with Crippen molar-refractivity contribution in [2.24, 2.45) is 0 Å². The van der Waals surface area contributed by atoms with Gasteiger partial charge in [-0.15, -0.1) is 0 Å². The van der Waals surface area contributed by atoms with E-state index in [2.05, 4.69) is 12.2 Å². The van der Waals surface area contributed by atoms with Crippen LogP contribution in [0.3, 0.4) is 0 Å². The molecular weight excluding hydrogens is 217 g/mol. The summed E-state index contributed by atoms with van der Waals surface area (Å²) in [6.45, 7) is 5.90. The van der Waals surface area contributed by atoms with E-state index < -0.39 is 0 Å². The van der Waals surface area contributed by atoms with E-state index in [1.165, 1.54) is 0 Å². The van der Waals surface area contributed by atoms with Crippen LogP contribution < -0.4 is 10.1 Å². The third-order valence-electron chi connectivity index (χ3n) is 2.74. The quantitative estimate of drug-likeness (QED) is 0.823. The molecule has 0 aliphatic carbocycles. The summed E-state index contributed by atoms with van der Waals surface area (Å²) in [6.07, 6.45) is 1.87. The summed E-state index contributed by atoms with van der Waals surface area (Å²) in [7, 11) is 1.93. The molecule has 0 aromatic heterocycles. The molecule has 3 heteroatoms. The molecule has 2 nitrogen and oxygen atoms in total. The number of ether oxygens (including phenoxy) is 1. The fraction of sp³-hybridized carbons (Fsp3) is 0.571. The van der Waals surface area contributed by atoms with Crippen LogP contribution in [0.2, 0.25) is 0 Å². The molecule has 0 bridgehead atoms. The lowest BCUT2D eigenvalue weighted by atomic mass is 10.0. The third kappa shape index (κ3) is 4.35. The van der Waals surface area contributed by atoms with Crippen LogP contribution >= 0.6 is 0 Å². The maximum atomic E-state index is 13.7. The first-order valence-electron chi connectivity index (χ1n) is 6.19. The molecule has 1 aromatic carbocycles. The molecule has 96 valence electrons. The second-order valence-electron chi connectivity index (χ2n) is 4.53. The molecule has 0 saturated carbocycles. The van der Waals surface area contributed by atoms with Gasteiger partial charge < -0.3 is 10.1 Å². The molecule has 0 aliphatic heterocycles. The van der Waals surface area contributed by atoms with Crippen molar-refractivity contribution in [2.75, 3.05) is 7.05 Å². The molecule has 1 unspecified atom stereocenters. The number of hydrogen-bond donors (Lipinski definition) is 1. The van der Waals surface area contributed by atoms with Crippen molar-refractivity contribution in [1.82, 2.24) is 5.32 Å². The van der Waals surface area contributed by atoms with E-state index in [1.807, 2.05) is 27.0 Å². The van der Waals surface area contributed by atoms with Crippen molar-refractivity contribution in [3.8, 4) is 5.75 Å². The molecule has 17 heavy (non-hydrogen) atoms. The van der Waals surface area contributed by atoms with Crippen LogP contribution in [0.5, 0.6) is 5.75 Å². The summed E-state index contributed by atoms with van der Waals surface area (Å²) < 4.78 is 19.1. The van der Waals surface area contributed by atoms with Crippen molar-refractivity contribution in [2.45, 2.75) is 45.8 Å². The van der Waals surface area contributed by atoms with Gasteiger partial charge in [0.2, 0.25) is 0 Å². The normalized spacial score (nSPS) is 12.8. The molecule has 1 aromatic rings. The van der Waals surface area contributed by atoms with E-state index in [1.54, 1.807) is 12.1 Å². The van der Waals surface area contributed by atoms with Crippen LogP contribution in [0, 0.1) is 5.82 Å². The van der Waals surface area contributed by atoms with Gasteiger partial charge in [-0.2, -0.15) is 0 Å². The Kier molecular flexibility index (Phi) is 5.42. The van der Waals surface area contributed by atoms with Crippen LogP contribution in [-0.2, 0) is 6.42 Å². The van der Waals surface area contributed by atoms with Crippen molar-refractivity contribution in [3.63, 3.8) is 0 Å². The fourth-order valence-corrected chi connectivity index (χ4v) is 1.76. The lowest BCUT2D eigenvalue weighted by Crippen LogP contribution is -2.26. The average Bonchev–Trinajstić information content (AvgIpc) is 2.29. The molecule has 0 saturated heterocycles. The van der Waals surface area contributed by atoms with Gasteiger partial charge in [0.05, 0.1) is 6.10 Å². The minimum absolute atomic E-state index is 0.00366. The minimum Gasteiger partial charge on any atom is -0.488 e. The molecule has 0 aliphatic rings. The maximum Gasteiger partial charge on any atom is 0.165 e. The Bertz CT molecular complexity index is 348. The maximum absolute atomic E-state index is 13.7. The zero-order chi connectivity index (χ0) is 12.8. The van der Waals surface area contributed by atoms with Gasteiger partial charge >= 0.3 is 0 Å². The van der Waals surface area contributed by atoms with Crippen LogP contribution in [0.1, 0.15) is 32.8 Å². The molecule has 1 N–H and O–H groups in total. The SMILES string of the molecule is CCC(Cc1ccc(OC(C)C)c(F)c1)NC. The standard InChI is InChI=1S/C14H22FNO/c1-5-12(16-4)8-11-6-7-14(13(15)9-11)17-10(2)3/h6-7,9-10,12,16H,5,8H2,1-4H3. The van der Waals surface area contributed by atoms with Crippen molar-refractivity contribution in [1.29, 1.82) is 0 Å². The smallest absolute Gasteiger partial charge is 0.165 e. The molecule has 0 spiro atoms. The highest BCUT2D eigenvalue weighted by Crippen LogP contribution is 2.20. The summed E-state index contributed by atoms with van der Waals surface area (Å²) in [5.41, 5.74) is 1.000. The van der Waals surface area contributed by atoms with Crippen LogP contribution in [-0.4, -0.2) is 19.2 Å². The van der Waals surface area contributed by atoms with Crippen molar-refractivity contribution >= 4 is 0 Å². The van der Waals surface area contributed by atoms with Gasteiger partial charge in [0, 0.05) is 6.04 Å². The Labute approximate surface area is 103 Å². The largest absolute Gasteiger partial charge is 0.488 e. The molecule has 1 atom stereocenters. The number of halogens is 1. The second-order valence-corrected chi connectivity index (χ2v) is 4.53. The Morgan fingerprint density at radius 3 is 2.53 bits per heavy atom. The number of hydrogen-bond acceptors (Lipinski definition) is 2. The first-order valence-corrected chi connectivity index (χ1v) is 6.19. The van der Waals surface area contributed by atoms with Gasteiger partial charge in [-0.25, -0.2) is 4.39 Å². The fourth-order valence-electron chi connectivity index (χ4n) is 1.76. The van der Waals surface area contributed by atoms with Gasteiger partial charge in [-0.1, -0.05) is 13.0 Å². The Hall–Kier alpha value is -1.09. The molecular formula is C14H22FNO. The van der Waals surface area contributed by atoms with Crippen LogP contribution in [0.4, 0.5) is 4.39 Å². The predicted octanol–water partition coefficient (Wildman–Crippen LogP) is 3.15. The minimum atomic E-state index is -0.276. The first-order chi connectivity index (χ1) is 8.06. The van der Waals surface area contributed by atoms with E-state index in [0.717, 1.165) is 18.4 Å².